The van der Waals surface area contributed by atoms with Crippen molar-refractivity contribution in [2.75, 3.05) is 34.9 Å². The number of terminal acetylenes is 1. The van der Waals surface area contributed by atoms with Gasteiger partial charge in [-0.3, -0.25) is 34.2 Å². The molecule has 2 heterocycles. The number of nitrogens with one attached hydrogen (secondary N) is 2. The zero-order valence-electron chi connectivity index (χ0n) is 47.7. The Morgan fingerprint density at radius 1 is 0.887 bits per heavy atom. The van der Waals surface area contributed by atoms with Crippen LogP contribution in [0.4, 0.5) is 10.5 Å². The van der Waals surface area contributed by atoms with Gasteiger partial charge in [-0.05, 0) is 49.1 Å². The number of likely N-dealkylation sites (N-methyl/N-ethyl adjacent to an activating group) is 2. The van der Waals surface area contributed by atoms with Gasteiger partial charge in [0.05, 0.1) is 60.1 Å². The molecule has 2 saturated heterocycles. The highest BCUT2D eigenvalue weighted by molar-refractivity contribution is 5.92. The van der Waals surface area contributed by atoms with Gasteiger partial charge in [0, 0.05) is 46.5 Å². The van der Waals surface area contributed by atoms with E-state index in [1.165, 1.54) is 32.2 Å². The third-order valence-electron chi connectivity index (χ3n) is 15.2. The number of carbonyl (C=O) groups is 6. The van der Waals surface area contributed by atoms with E-state index in [1.54, 1.807) is 77.8 Å². The molecule has 2 aromatic carbocycles. The van der Waals surface area contributed by atoms with Crippen molar-refractivity contribution in [2.45, 2.75) is 173 Å². The van der Waals surface area contributed by atoms with E-state index in [4.69, 9.17) is 30.1 Å². The van der Waals surface area contributed by atoms with E-state index in [0.717, 1.165) is 17.0 Å². The molecule has 24 heteroatoms. The van der Waals surface area contributed by atoms with E-state index in [0.29, 0.717) is 31.4 Å². The number of hydrogen-bond acceptors (Lipinski definition) is 17. The van der Waals surface area contributed by atoms with Crippen LogP contribution in [-0.4, -0.2) is 189 Å². The van der Waals surface area contributed by atoms with Gasteiger partial charge in [-0.2, -0.15) is 0 Å². The van der Waals surface area contributed by atoms with Crippen molar-refractivity contribution in [1.82, 2.24) is 25.3 Å². The summed E-state index contributed by atoms with van der Waals surface area (Å²) in [4.78, 5) is 98.5. The van der Waals surface area contributed by atoms with Gasteiger partial charge in [0.15, 0.2) is 11.9 Å². The quantitative estimate of drug-likeness (QED) is 0.0383. The van der Waals surface area contributed by atoms with Crippen LogP contribution >= 0.6 is 0 Å². The van der Waals surface area contributed by atoms with Crippen LogP contribution in [0, 0.1) is 46.1 Å². The summed E-state index contributed by atoms with van der Waals surface area (Å²) in [5.74, 6) is -3.71. The SMILES string of the molecule is C#CCC(OC(=O)N(C)[C@H](C(=O)N[C@H](C(=O)N(C)[C@H](C(CC(=O)N1CCC[C@H]1[C@H](OC)[C@@H](C)C(=O)N[C@H](C)[C@@H](O)c1ccccc1)OC)[C@@H](C)CC)C(C)C)C(C)C)c1ccc(O[C@@H]2OC(C(=O)O)[C@@H](O)[C@H](O)C2O)c([N+](=O)[O-])c1. The predicted molar refractivity (Wildman–Crippen MR) is 289 cm³/mol. The van der Waals surface area contributed by atoms with Gasteiger partial charge < -0.3 is 69.7 Å². The molecule has 0 saturated carbocycles. The topological polar surface area (TPSA) is 327 Å². The van der Waals surface area contributed by atoms with Crippen molar-refractivity contribution in [2.24, 2.45) is 23.7 Å². The fourth-order valence-electron chi connectivity index (χ4n) is 10.5. The second kappa shape index (κ2) is 29.8. The Bertz CT molecular complexity index is 2480. The number of rotatable bonds is 27. The number of aliphatic hydroxyl groups is 4. The number of nitro benzene ring substituents is 1. The maximum Gasteiger partial charge on any atom is 0.410 e. The van der Waals surface area contributed by atoms with Crippen molar-refractivity contribution in [3.8, 4) is 18.1 Å². The van der Waals surface area contributed by atoms with E-state index in [-0.39, 0.29) is 36.1 Å². The van der Waals surface area contributed by atoms with Crippen molar-refractivity contribution in [1.29, 1.82) is 0 Å². The molecule has 2 aliphatic rings. The van der Waals surface area contributed by atoms with E-state index in [9.17, 15) is 64.4 Å². The van der Waals surface area contributed by atoms with E-state index < -0.39 is 143 Å². The number of carboxylic acids is 1. The normalized spacial score (nSPS) is 22.9. The van der Waals surface area contributed by atoms with Gasteiger partial charge in [0.25, 0.3) is 0 Å². The number of likely N-dealkylation sites (tertiary alicyclic amines) is 1. The molecule has 4 rings (SSSR count). The summed E-state index contributed by atoms with van der Waals surface area (Å²) in [5, 5.41) is 69.2. The lowest BCUT2D eigenvalue weighted by Crippen LogP contribution is -2.61. The Balaban J connectivity index is 1.50. The zero-order chi connectivity index (χ0) is 60.0. The van der Waals surface area contributed by atoms with Crippen molar-refractivity contribution in [3.63, 3.8) is 0 Å². The number of amides is 5. The van der Waals surface area contributed by atoms with Gasteiger partial charge in [0.1, 0.15) is 36.5 Å². The molecule has 24 nitrogen and oxygen atoms in total. The molecule has 2 aromatic rings. The Labute approximate surface area is 467 Å². The molecule has 444 valence electrons. The van der Waals surface area contributed by atoms with Gasteiger partial charge >= 0.3 is 17.7 Å². The number of nitro groups is 1. The number of hydrogen-bond donors (Lipinski definition) is 7. The van der Waals surface area contributed by atoms with Gasteiger partial charge in [-0.15, -0.1) is 12.3 Å². The van der Waals surface area contributed by atoms with Crippen LogP contribution in [0.2, 0.25) is 0 Å². The zero-order valence-corrected chi connectivity index (χ0v) is 47.7. The first-order valence-electron chi connectivity index (χ1n) is 26.9. The summed E-state index contributed by atoms with van der Waals surface area (Å²) in [5.41, 5.74) is -0.109. The highest BCUT2D eigenvalue weighted by Crippen LogP contribution is 2.36. The average Bonchev–Trinajstić information content (AvgIpc) is 3.91. The summed E-state index contributed by atoms with van der Waals surface area (Å²) < 4.78 is 28.3. The minimum absolute atomic E-state index is 0.000563. The number of aliphatic hydroxyl groups excluding tert-OH is 4. The molecular weight excluding hydrogens is 1040 g/mol. The number of carbonyl (C=O) groups excluding carboxylic acids is 5. The van der Waals surface area contributed by atoms with E-state index in [2.05, 4.69) is 16.6 Å². The molecule has 5 amide bonds. The minimum atomic E-state index is -2.05. The van der Waals surface area contributed by atoms with Crippen LogP contribution in [0.25, 0.3) is 0 Å². The first-order valence-corrected chi connectivity index (χ1v) is 26.9. The molecule has 0 aromatic heterocycles. The highest BCUT2D eigenvalue weighted by Gasteiger charge is 2.49. The Hall–Kier alpha value is -6.46. The molecule has 0 radical (unpaired) electrons. The Kier molecular flexibility index (Phi) is 24.6. The summed E-state index contributed by atoms with van der Waals surface area (Å²) in [6.45, 7) is 14.5. The monoisotopic (exact) mass is 1130 g/mol. The number of ether oxygens (including phenoxy) is 5. The maximum absolute atomic E-state index is 14.8. The number of aliphatic carboxylic acids is 1. The smallest absolute Gasteiger partial charge is 0.410 e. The maximum atomic E-state index is 14.8. The lowest BCUT2D eigenvalue weighted by Gasteiger charge is -2.41. The lowest BCUT2D eigenvalue weighted by atomic mass is 9.89. The second-order valence-corrected chi connectivity index (χ2v) is 21.4. The highest BCUT2D eigenvalue weighted by atomic mass is 16.7. The minimum Gasteiger partial charge on any atom is -0.479 e. The van der Waals surface area contributed by atoms with Crippen LogP contribution in [0.3, 0.4) is 0 Å². The van der Waals surface area contributed by atoms with Gasteiger partial charge in [0.2, 0.25) is 29.9 Å². The fraction of sp³-hybridized carbons (Fsp3) is 0.643. The van der Waals surface area contributed by atoms with E-state index in [1.807, 2.05) is 19.9 Å². The molecule has 0 bridgehead atoms. The molecule has 0 aliphatic carbocycles. The number of carboxylic acid groups (broad SMARTS) is 1. The standard InChI is InChI=1S/C56H82N6O18/c1-14-20-38(35-24-25-39(37(27-35)62(74)75)78-55-48(67)46(65)47(66)50(80-55)54(71)72)79-56(73)60(11)43(30(5)6)52(69)58-42(29(3)4)53(70)59(10)44(31(7)15-2)40(76-12)28-41(63)61-26-19-23-36(61)49(77-13)32(8)51(68)57-33(9)45(64)34-21-17-16-18-22-34/h1,16-18,21-22,24-25,27,29-33,36,38,40,42-50,55,64-67H,15,19-20,23,26,28H2,2-13H3,(H,57,68)(H,58,69)(H,71,72)/t31-,32+,33+,36-,38?,40?,42-,43-,44-,45+,46-,47-,48?,49+,50?,55+/m0/s1. The molecule has 7 N–H and O–H groups in total. The average molecular weight is 1130 g/mol. The fourth-order valence-corrected chi connectivity index (χ4v) is 10.5. The molecule has 16 atom stereocenters. The number of nitrogens with zero attached hydrogens (tertiary/aromatic N) is 4. The van der Waals surface area contributed by atoms with Crippen LogP contribution in [0.15, 0.2) is 48.5 Å². The molecular formula is C56H82N6O18. The molecule has 2 aliphatic heterocycles. The predicted octanol–water partition coefficient (Wildman–Crippen LogP) is 3.32. The third-order valence-corrected chi connectivity index (χ3v) is 15.2. The summed E-state index contributed by atoms with van der Waals surface area (Å²) in [6.07, 6.45) is -8.01. The Morgan fingerprint density at radius 3 is 2.09 bits per heavy atom. The second-order valence-electron chi connectivity index (χ2n) is 21.4. The largest absolute Gasteiger partial charge is 0.479 e. The molecule has 4 unspecified atom stereocenters. The molecule has 80 heavy (non-hydrogen) atoms. The third kappa shape index (κ3) is 15.9. The van der Waals surface area contributed by atoms with Crippen molar-refractivity contribution >= 4 is 41.4 Å². The van der Waals surface area contributed by atoms with Crippen LogP contribution in [-0.2, 0) is 42.9 Å². The van der Waals surface area contributed by atoms with Crippen molar-refractivity contribution < 1.29 is 82.9 Å². The first kappa shape index (κ1) is 66.1. The van der Waals surface area contributed by atoms with Gasteiger partial charge in [-0.25, -0.2) is 9.59 Å². The number of benzene rings is 2. The van der Waals surface area contributed by atoms with Crippen LogP contribution in [0.1, 0.15) is 111 Å². The first-order chi connectivity index (χ1) is 37.7. The number of methoxy groups -OCH3 is 2. The van der Waals surface area contributed by atoms with Crippen LogP contribution < -0.4 is 15.4 Å². The molecule has 0 spiro atoms. The summed E-state index contributed by atoms with van der Waals surface area (Å²) >= 11 is 0. The lowest BCUT2D eigenvalue weighted by molar-refractivity contribution is -0.387. The molecule has 2 fully saturated rings. The van der Waals surface area contributed by atoms with Crippen LogP contribution in [0.5, 0.6) is 5.75 Å². The Morgan fingerprint density at radius 2 is 1.54 bits per heavy atom. The van der Waals surface area contributed by atoms with E-state index >= 15 is 0 Å². The summed E-state index contributed by atoms with van der Waals surface area (Å²) in [6, 6.07) is 8.10. The summed E-state index contributed by atoms with van der Waals surface area (Å²) in [7, 11) is 5.84. The van der Waals surface area contributed by atoms with Crippen molar-refractivity contribution in [3.05, 3.63) is 69.8 Å². The van der Waals surface area contributed by atoms with Gasteiger partial charge in [-0.1, -0.05) is 91.3 Å².